The lowest BCUT2D eigenvalue weighted by molar-refractivity contribution is -0.131. The summed E-state index contributed by atoms with van der Waals surface area (Å²) in [6.07, 6.45) is 0. The molecule has 0 unspecified atom stereocenters. The van der Waals surface area contributed by atoms with E-state index in [4.69, 9.17) is 0 Å². The van der Waals surface area contributed by atoms with Crippen molar-refractivity contribution in [2.45, 2.75) is 13.5 Å². The molecule has 2 atom stereocenters. The van der Waals surface area contributed by atoms with Crippen LogP contribution < -0.4 is 5.32 Å². The summed E-state index contributed by atoms with van der Waals surface area (Å²) in [5.74, 6) is 1.84. The molecule has 0 radical (unpaired) electrons. The van der Waals surface area contributed by atoms with E-state index in [1.54, 1.807) is 0 Å². The van der Waals surface area contributed by atoms with Gasteiger partial charge in [0.2, 0.25) is 11.7 Å². The monoisotopic (exact) mass is 348 g/mol. The van der Waals surface area contributed by atoms with Crippen molar-refractivity contribution in [2.24, 2.45) is 11.8 Å². The van der Waals surface area contributed by atoms with E-state index in [9.17, 15) is 4.79 Å². The number of hydrogen-bond donors (Lipinski definition) is 1. The third kappa shape index (κ3) is 3.27. The van der Waals surface area contributed by atoms with Crippen LogP contribution in [-0.4, -0.2) is 57.2 Å². The Labute approximate surface area is 146 Å². The van der Waals surface area contributed by atoms with Gasteiger partial charge < -0.3 is 10.2 Å². The van der Waals surface area contributed by atoms with Crippen LogP contribution in [0.15, 0.2) is 24.3 Å². The summed E-state index contributed by atoms with van der Waals surface area (Å²) in [5.41, 5.74) is 2.10. The van der Waals surface area contributed by atoms with Crippen molar-refractivity contribution in [3.8, 4) is 11.4 Å². The van der Waals surface area contributed by atoms with E-state index in [1.165, 1.54) is 10.4 Å². The number of amides is 1. The lowest BCUT2D eigenvalue weighted by Gasteiger charge is -2.16. The number of aryl methyl sites for hydroxylation is 1. The summed E-state index contributed by atoms with van der Waals surface area (Å²) >= 11 is 0. The predicted molar refractivity (Wildman–Crippen MR) is 91.7 cm³/mol. The van der Waals surface area contributed by atoms with E-state index in [2.05, 4.69) is 20.7 Å². The number of halogens is 1. The third-order valence-electron chi connectivity index (χ3n) is 4.78. The maximum absolute atomic E-state index is 12.4. The van der Waals surface area contributed by atoms with Crippen molar-refractivity contribution in [3.05, 3.63) is 29.8 Å². The lowest BCUT2D eigenvalue weighted by atomic mass is 10.0. The molecule has 2 aromatic rings. The number of fused-ring (bicyclic) bond motifs is 1. The molecule has 0 saturated carbocycles. The molecular formula is C16H21ClN6O. The highest BCUT2D eigenvalue weighted by Crippen LogP contribution is 2.26. The maximum atomic E-state index is 12.4. The largest absolute Gasteiger partial charge is 0.340 e. The van der Waals surface area contributed by atoms with Gasteiger partial charge in [-0.1, -0.05) is 29.8 Å². The predicted octanol–water partition coefficient (Wildman–Crippen LogP) is 0.748. The van der Waals surface area contributed by atoms with Crippen molar-refractivity contribution in [2.75, 3.05) is 26.2 Å². The van der Waals surface area contributed by atoms with Gasteiger partial charge in [-0.2, -0.15) is 4.80 Å². The average Bonchev–Trinajstić information content (AvgIpc) is 3.22. The quantitative estimate of drug-likeness (QED) is 0.885. The second kappa shape index (κ2) is 6.86. The molecule has 2 aliphatic rings. The van der Waals surface area contributed by atoms with Gasteiger partial charge >= 0.3 is 0 Å². The van der Waals surface area contributed by atoms with Crippen LogP contribution in [0.3, 0.4) is 0 Å². The van der Waals surface area contributed by atoms with Crippen LogP contribution in [0.2, 0.25) is 0 Å². The molecule has 7 nitrogen and oxygen atoms in total. The Bertz CT molecular complexity index is 704. The molecule has 2 fully saturated rings. The Morgan fingerprint density at radius 3 is 2.54 bits per heavy atom. The van der Waals surface area contributed by atoms with Crippen molar-refractivity contribution >= 4 is 18.3 Å². The molecule has 4 rings (SSSR count). The first-order chi connectivity index (χ1) is 11.2. The summed E-state index contributed by atoms with van der Waals surface area (Å²) in [5, 5.41) is 15.8. The number of rotatable bonds is 3. The van der Waals surface area contributed by atoms with Crippen molar-refractivity contribution in [1.29, 1.82) is 0 Å². The topological polar surface area (TPSA) is 75.9 Å². The first-order valence-corrected chi connectivity index (χ1v) is 8.02. The number of aromatic nitrogens is 4. The minimum absolute atomic E-state index is 0. The Morgan fingerprint density at radius 1 is 1.21 bits per heavy atom. The Hall–Kier alpha value is -1.99. The second-order valence-corrected chi connectivity index (χ2v) is 6.49. The first kappa shape index (κ1) is 16.9. The van der Waals surface area contributed by atoms with Crippen LogP contribution in [0, 0.1) is 18.8 Å². The minimum Gasteiger partial charge on any atom is -0.340 e. The lowest BCUT2D eigenvalue weighted by Crippen LogP contribution is -2.34. The maximum Gasteiger partial charge on any atom is 0.246 e. The van der Waals surface area contributed by atoms with Gasteiger partial charge in [0.15, 0.2) is 0 Å². The van der Waals surface area contributed by atoms with Crippen LogP contribution in [0.4, 0.5) is 0 Å². The molecule has 1 amide bonds. The fraction of sp³-hybridized carbons (Fsp3) is 0.500. The van der Waals surface area contributed by atoms with Gasteiger partial charge in [-0.3, -0.25) is 4.79 Å². The number of hydrogen-bond acceptors (Lipinski definition) is 5. The summed E-state index contributed by atoms with van der Waals surface area (Å²) in [7, 11) is 0. The zero-order valence-electron chi connectivity index (χ0n) is 13.6. The van der Waals surface area contributed by atoms with Crippen molar-refractivity contribution in [3.63, 3.8) is 0 Å². The van der Waals surface area contributed by atoms with E-state index in [0.29, 0.717) is 17.7 Å². The smallest absolute Gasteiger partial charge is 0.246 e. The number of carbonyl (C=O) groups excluding carboxylic acids is 1. The highest BCUT2D eigenvalue weighted by Gasteiger charge is 2.38. The number of tetrazole rings is 1. The van der Waals surface area contributed by atoms with E-state index >= 15 is 0 Å². The van der Waals surface area contributed by atoms with Crippen molar-refractivity contribution in [1.82, 2.24) is 30.4 Å². The SMILES string of the molecule is Cc1ccc(-c2nnn(CC(=O)N3C[C@H]4CNC[C@H]4C3)n2)cc1.Cl. The highest BCUT2D eigenvalue weighted by molar-refractivity contribution is 5.85. The molecule has 128 valence electrons. The minimum atomic E-state index is 0. The normalized spacial score (nSPS) is 22.3. The number of nitrogens with one attached hydrogen (secondary N) is 1. The molecule has 2 aliphatic heterocycles. The van der Waals surface area contributed by atoms with E-state index in [1.807, 2.05) is 36.1 Å². The van der Waals surface area contributed by atoms with Gasteiger partial charge in [0.05, 0.1) is 0 Å². The van der Waals surface area contributed by atoms with E-state index < -0.39 is 0 Å². The van der Waals surface area contributed by atoms with E-state index in [-0.39, 0.29) is 24.9 Å². The summed E-state index contributed by atoms with van der Waals surface area (Å²) in [4.78, 5) is 15.7. The number of benzene rings is 1. The number of carbonyl (C=O) groups is 1. The fourth-order valence-electron chi connectivity index (χ4n) is 3.41. The van der Waals surface area contributed by atoms with Gasteiger partial charge in [-0.25, -0.2) is 0 Å². The van der Waals surface area contributed by atoms with Crippen molar-refractivity contribution < 1.29 is 4.79 Å². The molecule has 3 heterocycles. The Balaban J connectivity index is 0.00000169. The molecule has 2 saturated heterocycles. The molecule has 1 aromatic heterocycles. The highest BCUT2D eigenvalue weighted by atomic mass is 35.5. The Kier molecular flexibility index (Phi) is 4.82. The molecule has 1 aromatic carbocycles. The molecular weight excluding hydrogens is 328 g/mol. The summed E-state index contributed by atoms with van der Waals surface area (Å²) in [6.45, 7) is 5.92. The standard InChI is InChI=1S/C16H20N6O.ClH/c1-11-2-4-12(5-3-11)16-18-20-22(19-16)10-15(23)21-8-13-6-17-7-14(13)9-21;/h2-5,13-14,17H,6-10H2,1H3;1H/t13-,14+;. The van der Waals surface area contributed by atoms with Gasteiger partial charge in [0, 0.05) is 31.7 Å². The molecule has 1 N–H and O–H groups in total. The van der Waals surface area contributed by atoms with Crippen LogP contribution >= 0.6 is 12.4 Å². The molecule has 0 aliphatic carbocycles. The first-order valence-electron chi connectivity index (χ1n) is 8.02. The zero-order chi connectivity index (χ0) is 15.8. The molecule has 0 bridgehead atoms. The van der Waals surface area contributed by atoms with Gasteiger partial charge in [0.25, 0.3) is 0 Å². The van der Waals surface area contributed by atoms with Crippen LogP contribution in [0.25, 0.3) is 11.4 Å². The van der Waals surface area contributed by atoms with Crippen LogP contribution in [0.1, 0.15) is 5.56 Å². The van der Waals surface area contributed by atoms with Gasteiger partial charge in [0.1, 0.15) is 6.54 Å². The molecule has 8 heteroatoms. The van der Waals surface area contributed by atoms with E-state index in [0.717, 1.165) is 31.7 Å². The number of likely N-dealkylation sites (tertiary alicyclic amines) is 1. The Morgan fingerprint density at radius 2 is 1.88 bits per heavy atom. The molecule has 24 heavy (non-hydrogen) atoms. The summed E-state index contributed by atoms with van der Waals surface area (Å²) in [6, 6.07) is 7.96. The van der Waals surface area contributed by atoms with Crippen LogP contribution in [0.5, 0.6) is 0 Å². The average molecular weight is 349 g/mol. The summed E-state index contributed by atoms with van der Waals surface area (Å²) < 4.78 is 0. The van der Waals surface area contributed by atoms with Gasteiger partial charge in [-0.15, -0.1) is 22.6 Å². The second-order valence-electron chi connectivity index (χ2n) is 6.49. The molecule has 0 spiro atoms. The number of nitrogens with zero attached hydrogens (tertiary/aromatic N) is 5. The fourth-order valence-corrected chi connectivity index (χ4v) is 3.41. The zero-order valence-corrected chi connectivity index (χ0v) is 14.4. The van der Waals surface area contributed by atoms with Gasteiger partial charge in [-0.05, 0) is 24.0 Å². The third-order valence-corrected chi connectivity index (χ3v) is 4.78. The van der Waals surface area contributed by atoms with Crippen LogP contribution in [-0.2, 0) is 11.3 Å².